The number of carbonyl (C=O) groups excluding carboxylic acids is 3. The molecule has 9 nitrogen and oxygen atoms in total. The van der Waals surface area contributed by atoms with Crippen LogP contribution < -0.4 is 0 Å². The quantitative estimate of drug-likeness (QED) is 0.0366. The summed E-state index contributed by atoms with van der Waals surface area (Å²) in [6, 6.07) is 0.654. The zero-order valence-electron chi connectivity index (χ0n) is 37.7. The van der Waals surface area contributed by atoms with Gasteiger partial charge in [-0.1, -0.05) is 143 Å². The zero-order valence-corrected chi connectivity index (χ0v) is 37.7. The minimum absolute atomic E-state index is 0.0000508. The second-order valence-corrected chi connectivity index (χ2v) is 17.1. The molecule has 0 amide bonds. The fraction of sp³-hybridized carbons (Fsp3) is 0.938. The third-order valence-electron chi connectivity index (χ3n) is 11.8. The van der Waals surface area contributed by atoms with E-state index in [1.165, 1.54) is 89.9 Å². The first-order chi connectivity index (χ1) is 27.9. The van der Waals surface area contributed by atoms with E-state index in [0.29, 0.717) is 51.7 Å². The van der Waals surface area contributed by atoms with Crippen molar-refractivity contribution >= 4 is 17.9 Å². The van der Waals surface area contributed by atoms with Crippen molar-refractivity contribution in [3.05, 3.63) is 0 Å². The molecule has 57 heavy (non-hydrogen) atoms. The van der Waals surface area contributed by atoms with Gasteiger partial charge in [0.05, 0.1) is 26.4 Å². The number of carbonyl (C=O) groups is 3. The van der Waals surface area contributed by atoms with Crippen molar-refractivity contribution in [2.45, 2.75) is 226 Å². The van der Waals surface area contributed by atoms with E-state index >= 15 is 0 Å². The summed E-state index contributed by atoms with van der Waals surface area (Å²) in [6.45, 7) is 12.5. The average Bonchev–Trinajstić information content (AvgIpc) is 3.18. The van der Waals surface area contributed by atoms with Crippen LogP contribution >= 0.6 is 0 Å². The molecule has 1 aliphatic carbocycles. The molecule has 0 heterocycles. The van der Waals surface area contributed by atoms with Crippen molar-refractivity contribution in [1.29, 1.82) is 0 Å². The molecule has 1 N–H and O–H groups in total. The molecular formula is C48H92N2O7. The van der Waals surface area contributed by atoms with Crippen LogP contribution in [0.1, 0.15) is 220 Å². The van der Waals surface area contributed by atoms with E-state index in [1.54, 1.807) is 0 Å². The maximum absolute atomic E-state index is 12.5. The fourth-order valence-electron chi connectivity index (χ4n) is 7.70. The minimum atomic E-state index is -0.147. The second kappa shape index (κ2) is 39.7. The van der Waals surface area contributed by atoms with Crippen molar-refractivity contribution in [3.63, 3.8) is 0 Å². The number of rotatable bonds is 43. The van der Waals surface area contributed by atoms with Gasteiger partial charge in [-0.05, 0) is 70.9 Å². The number of unbranched alkanes of at least 4 members (excludes halogenated alkanes) is 19. The third kappa shape index (κ3) is 32.8. The molecule has 1 rings (SSSR count). The Morgan fingerprint density at radius 1 is 0.509 bits per heavy atom. The van der Waals surface area contributed by atoms with Gasteiger partial charge in [-0.3, -0.25) is 24.2 Å². The summed E-state index contributed by atoms with van der Waals surface area (Å²) < 4.78 is 16.9. The van der Waals surface area contributed by atoms with E-state index in [0.717, 1.165) is 116 Å². The van der Waals surface area contributed by atoms with Gasteiger partial charge in [0.15, 0.2) is 0 Å². The summed E-state index contributed by atoms with van der Waals surface area (Å²) >= 11 is 0. The van der Waals surface area contributed by atoms with Crippen LogP contribution in [-0.2, 0) is 28.6 Å². The van der Waals surface area contributed by atoms with Gasteiger partial charge in [0.2, 0.25) is 0 Å². The van der Waals surface area contributed by atoms with E-state index in [1.807, 2.05) is 0 Å². The highest BCUT2D eigenvalue weighted by atomic mass is 16.5. The van der Waals surface area contributed by atoms with Crippen molar-refractivity contribution in [2.75, 3.05) is 59.2 Å². The number of hydrogen-bond donors (Lipinski definition) is 1. The Bertz CT molecular complexity index is 900. The molecule has 0 spiro atoms. The van der Waals surface area contributed by atoms with Crippen LogP contribution in [0.3, 0.4) is 0 Å². The summed E-state index contributed by atoms with van der Waals surface area (Å²) in [6.07, 6.45) is 33.4. The Labute approximate surface area is 351 Å². The van der Waals surface area contributed by atoms with E-state index < -0.39 is 0 Å². The molecule has 336 valence electrons. The molecule has 0 aliphatic heterocycles. The fourth-order valence-corrected chi connectivity index (χ4v) is 7.70. The Kier molecular flexibility index (Phi) is 37.2. The number of nitrogens with zero attached hydrogens (tertiary/aromatic N) is 2. The summed E-state index contributed by atoms with van der Waals surface area (Å²) in [5, 5.41) is 9.86. The third-order valence-corrected chi connectivity index (χ3v) is 11.8. The van der Waals surface area contributed by atoms with Gasteiger partial charge in [0.1, 0.15) is 0 Å². The first-order valence-corrected chi connectivity index (χ1v) is 24.5. The number of aliphatic hydroxyl groups is 1. The summed E-state index contributed by atoms with van der Waals surface area (Å²) in [4.78, 5) is 42.2. The van der Waals surface area contributed by atoms with Crippen LogP contribution in [0.2, 0.25) is 0 Å². The zero-order chi connectivity index (χ0) is 41.4. The van der Waals surface area contributed by atoms with E-state index in [4.69, 9.17) is 14.2 Å². The lowest BCUT2D eigenvalue weighted by Crippen LogP contribution is -2.45. The van der Waals surface area contributed by atoms with Crippen LogP contribution in [-0.4, -0.2) is 98.0 Å². The monoisotopic (exact) mass is 809 g/mol. The number of aliphatic hydroxyl groups excluding tert-OH is 1. The van der Waals surface area contributed by atoms with Crippen molar-refractivity contribution < 1.29 is 33.7 Å². The molecule has 1 fully saturated rings. The Balaban J connectivity index is 2.40. The molecule has 9 heteroatoms. The van der Waals surface area contributed by atoms with Gasteiger partial charge in [0.25, 0.3) is 0 Å². The minimum Gasteiger partial charge on any atom is -0.466 e. The number of hydrogen-bond acceptors (Lipinski definition) is 9. The Morgan fingerprint density at radius 2 is 0.965 bits per heavy atom. The molecule has 0 unspecified atom stereocenters. The molecule has 0 aromatic heterocycles. The topological polar surface area (TPSA) is 106 Å². The van der Waals surface area contributed by atoms with Crippen LogP contribution in [0.5, 0.6) is 0 Å². The predicted octanol–water partition coefficient (Wildman–Crippen LogP) is 11.4. The normalized spacial score (nSPS) is 13.1. The molecule has 0 radical (unpaired) electrons. The SMILES string of the molecule is CCCCCCCCCCCOC(=O)CCCCCN(CCN(CCO)CCCCC(COC(=O)CCCCCCC)COC(=O)CCCCCCC)C1CCC1. The van der Waals surface area contributed by atoms with Crippen molar-refractivity contribution in [3.8, 4) is 0 Å². The second-order valence-electron chi connectivity index (χ2n) is 17.1. The largest absolute Gasteiger partial charge is 0.466 e. The number of esters is 3. The first kappa shape index (κ1) is 53.3. The lowest BCUT2D eigenvalue weighted by Gasteiger charge is -2.39. The van der Waals surface area contributed by atoms with E-state index in [9.17, 15) is 19.5 Å². The predicted molar refractivity (Wildman–Crippen MR) is 235 cm³/mol. The van der Waals surface area contributed by atoms with Gasteiger partial charge in [-0.2, -0.15) is 0 Å². The van der Waals surface area contributed by atoms with Gasteiger partial charge in [0, 0.05) is 50.9 Å². The molecule has 0 atom stereocenters. The number of ether oxygens (including phenoxy) is 3. The van der Waals surface area contributed by atoms with Gasteiger partial charge in [-0.25, -0.2) is 0 Å². The molecular weight excluding hydrogens is 717 g/mol. The molecule has 0 aromatic carbocycles. The van der Waals surface area contributed by atoms with E-state index in [2.05, 4.69) is 30.6 Å². The van der Waals surface area contributed by atoms with Crippen molar-refractivity contribution in [2.24, 2.45) is 5.92 Å². The van der Waals surface area contributed by atoms with Crippen LogP contribution in [0, 0.1) is 5.92 Å². The average molecular weight is 809 g/mol. The van der Waals surface area contributed by atoms with Gasteiger partial charge < -0.3 is 19.3 Å². The molecule has 1 saturated carbocycles. The van der Waals surface area contributed by atoms with Crippen LogP contribution in [0.4, 0.5) is 0 Å². The lowest BCUT2D eigenvalue weighted by molar-refractivity contribution is -0.149. The molecule has 0 aromatic rings. The Hall–Kier alpha value is -1.71. The summed E-state index contributed by atoms with van der Waals surface area (Å²) in [5.41, 5.74) is 0. The highest BCUT2D eigenvalue weighted by Crippen LogP contribution is 2.25. The molecule has 1 aliphatic rings. The molecule has 0 bridgehead atoms. The van der Waals surface area contributed by atoms with E-state index in [-0.39, 0.29) is 30.4 Å². The standard InChI is InChI=1S/C48H92N2O7/c1-4-7-10-13-14-15-16-19-27-41-55-46(52)32-23-20-25-36-50(45-30-28-31-45)38-37-49(39-40-51)35-26-24-29-44(42-56-47(53)33-21-17-11-8-5-2)43-57-48(54)34-22-18-12-9-6-3/h44-45,51H,4-43H2,1-3H3. The highest BCUT2D eigenvalue weighted by Gasteiger charge is 2.25. The highest BCUT2D eigenvalue weighted by molar-refractivity contribution is 5.70. The van der Waals surface area contributed by atoms with Gasteiger partial charge in [-0.15, -0.1) is 0 Å². The maximum Gasteiger partial charge on any atom is 0.305 e. The molecule has 0 saturated heterocycles. The lowest BCUT2D eigenvalue weighted by atomic mass is 9.91. The van der Waals surface area contributed by atoms with Gasteiger partial charge >= 0.3 is 17.9 Å². The first-order valence-electron chi connectivity index (χ1n) is 24.5. The summed E-state index contributed by atoms with van der Waals surface area (Å²) in [5.74, 6) is -0.336. The van der Waals surface area contributed by atoms with Crippen molar-refractivity contribution in [1.82, 2.24) is 9.80 Å². The maximum atomic E-state index is 12.5. The Morgan fingerprint density at radius 3 is 1.46 bits per heavy atom. The summed E-state index contributed by atoms with van der Waals surface area (Å²) in [7, 11) is 0. The van der Waals surface area contributed by atoms with Crippen LogP contribution in [0.25, 0.3) is 0 Å². The van der Waals surface area contributed by atoms with Crippen LogP contribution in [0.15, 0.2) is 0 Å². The smallest absolute Gasteiger partial charge is 0.305 e.